The van der Waals surface area contributed by atoms with E-state index in [4.69, 9.17) is 9.47 Å². The molecule has 0 saturated carbocycles. The van der Waals surface area contributed by atoms with Gasteiger partial charge in [0.25, 0.3) is 0 Å². The van der Waals surface area contributed by atoms with E-state index in [1.54, 1.807) is 18.7 Å². The molecule has 1 saturated heterocycles. The number of rotatable bonds is 7. The maximum Gasteiger partial charge on any atom is 0.321 e. The quantitative estimate of drug-likeness (QED) is 0.562. The molecule has 24 heavy (non-hydrogen) atoms. The lowest BCUT2D eigenvalue weighted by Gasteiger charge is -2.20. The summed E-state index contributed by atoms with van der Waals surface area (Å²) < 4.78 is 9.95. The van der Waals surface area contributed by atoms with Crippen LogP contribution in [0.15, 0.2) is 30.3 Å². The van der Waals surface area contributed by atoms with Gasteiger partial charge in [0, 0.05) is 13.1 Å². The fraction of sp³-hybridized carbons (Fsp3) is 0.500. The molecular formula is C18H23NO5. The third-order valence-electron chi connectivity index (χ3n) is 4.04. The van der Waals surface area contributed by atoms with Crippen molar-refractivity contribution < 1.29 is 23.9 Å². The number of benzene rings is 1. The zero-order chi connectivity index (χ0) is 17.5. The lowest BCUT2D eigenvalue weighted by atomic mass is 9.91. The SMILES string of the molecule is CCOC(=O)C(C(=O)OCC)C1CCN(Cc2ccccc2)C1=O. The minimum absolute atomic E-state index is 0.156. The molecular weight excluding hydrogens is 310 g/mol. The predicted molar refractivity (Wildman–Crippen MR) is 86.7 cm³/mol. The standard InChI is InChI=1S/C18H23NO5/c1-3-23-17(21)15(18(22)24-4-2)14-10-11-19(16(14)20)12-13-8-6-5-7-9-13/h5-9,14-15H,3-4,10-12H2,1-2H3. The number of carbonyl (C=O) groups is 3. The van der Waals surface area contributed by atoms with Crippen LogP contribution in [0.5, 0.6) is 0 Å². The molecule has 1 amide bonds. The molecule has 0 aromatic heterocycles. The Hall–Kier alpha value is -2.37. The number of ether oxygens (including phenoxy) is 2. The summed E-state index contributed by atoms with van der Waals surface area (Å²) in [6.07, 6.45) is 0.438. The van der Waals surface area contributed by atoms with Gasteiger partial charge in [-0.15, -0.1) is 0 Å². The highest BCUT2D eigenvalue weighted by Gasteiger charge is 2.46. The van der Waals surface area contributed by atoms with Gasteiger partial charge in [0.15, 0.2) is 5.92 Å². The van der Waals surface area contributed by atoms with Crippen molar-refractivity contribution in [3.63, 3.8) is 0 Å². The molecule has 0 aliphatic carbocycles. The van der Waals surface area contributed by atoms with E-state index in [2.05, 4.69) is 0 Å². The fourth-order valence-electron chi connectivity index (χ4n) is 2.92. The molecule has 1 atom stereocenters. The Morgan fingerprint density at radius 1 is 1.12 bits per heavy atom. The van der Waals surface area contributed by atoms with Crippen molar-refractivity contribution in [2.45, 2.75) is 26.8 Å². The molecule has 130 valence electrons. The van der Waals surface area contributed by atoms with Crippen LogP contribution in [0.4, 0.5) is 0 Å². The minimum atomic E-state index is -1.18. The zero-order valence-corrected chi connectivity index (χ0v) is 14.1. The molecule has 6 heteroatoms. The van der Waals surface area contributed by atoms with Crippen molar-refractivity contribution in [1.82, 2.24) is 4.90 Å². The molecule has 1 aromatic rings. The van der Waals surface area contributed by atoms with E-state index in [1.165, 1.54) is 0 Å². The number of likely N-dealkylation sites (tertiary alicyclic amines) is 1. The summed E-state index contributed by atoms with van der Waals surface area (Å²) in [5.74, 6) is -3.47. The highest BCUT2D eigenvalue weighted by molar-refractivity contribution is 6.00. The van der Waals surface area contributed by atoms with Crippen LogP contribution >= 0.6 is 0 Å². The molecule has 2 rings (SSSR count). The topological polar surface area (TPSA) is 72.9 Å². The third-order valence-corrected chi connectivity index (χ3v) is 4.04. The maximum atomic E-state index is 12.7. The Morgan fingerprint density at radius 3 is 2.25 bits per heavy atom. The molecule has 1 fully saturated rings. The van der Waals surface area contributed by atoms with Gasteiger partial charge in [-0.3, -0.25) is 14.4 Å². The monoisotopic (exact) mass is 333 g/mol. The Kier molecular flexibility index (Phi) is 6.35. The third kappa shape index (κ3) is 4.13. The molecule has 0 bridgehead atoms. The largest absolute Gasteiger partial charge is 0.465 e. The zero-order valence-electron chi connectivity index (χ0n) is 14.1. The smallest absolute Gasteiger partial charge is 0.321 e. The van der Waals surface area contributed by atoms with E-state index < -0.39 is 23.8 Å². The van der Waals surface area contributed by atoms with Gasteiger partial charge in [0.1, 0.15) is 0 Å². The summed E-state index contributed by atoms with van der Waals surface area (Å²) in [7, 11) is 0. The van der Waals surface area contributed by atoms with Crippen LogP contribution in [0.25, 0.3) is 0 Å². The van der Waals surface area contributed by atoms with Crippen molar-refractivity contribution in [3.8, 4) is 0 Å². The van der Waals surface area contributed by atoms with E-state index in [1.807, 2.05) is 30.3 Å². The first-order valence-corrected chi connectivity index (χ1v) is 8.24. The van der Waals surface area contributed by atoms with E-state index in [-0.39, 0.29) is 19.1 Å². The number of amides is 1. The highest BCUT2D eigenvalue weighted by Crippen LogP contribution is 2.29. The Balaban J connectivity index is 2.11. The van der Waals surface area contributed by atoms with Crippen molar-refractivity contribution >= 4 is 17.8 Å². The number of esters is 2. The highest BCUT2D eigenvalue weighted by atomic mass is 16.6. The van der Waals surface area contributed by atoms with Crippen LogP contribution in [-0.4, -0.2) is 42.5 Å². The summed E-state index contributed by atoms with van der Waals surface area (Å²) in [6, 6.07) is 9.61. The summed E-state index contributed by atoms with van der Waals surface area (Å²) in [5.41, 5.74) is 1.01. The summed E-state index contributed by atoms with van der Waals surface area (Å²) in [6.45, 7) is 4.62. The maximum absolute atomic E-state index is 12.7. The van der Waals surface area contributed by atoms with Gasteiger partial charge in [0.05, 0.1) is 19.1 Å². The second-order valence-electron chi connectivity index (χ2n) is 5.62. The van der Waals surface area contributed by atoms with Gasteiger partial charge in [-0.2, -0.15) is 0 Å². The first-order chi connectivity index (χ1) is 11.6. The van der Waals surface area contributed by atoms with E-state index in [0.29, 0.717) is 19.5 Å². The number of carbonyl (C=O) groups excluding carboxylic acids is 3. The van der Waals surface area contributed by atoms with Crippen LogP contribution in [-0.2, 0) is 30.4 Å². The van der Waals surface area contributed by atoms with E-state index in [9.17, 15) is 14.4 Å². The summed E-state index contributed by atoms with van der Waals surface area (Å²) >= 11 is 0. The lowest BCUT2D eigenvalue weighted by Crippen LogP contribution is -2.39. The number of hydrogen-bond acceptors (Lipinski definition) is 5. The van der Waals surface area contributed by atoms with Crippen LogP contribution in [0.3, 0.4) is 0 Å². The minimum Gasteiger partial charge on any atom is -0.465 e. The fourth-order valence-corrected chi connectivity index (χ4v) is 2.92. The Bertz CT molecular complexity index is 568. The first kappa shape index (κ1) is 18.0. The average Bonchev–Trinajstić information content (AvgIpc) is 2.90. The Labute approximate surface area is 141 Å². The molecule has 1 heterocycles. The molecule has 1 unspecified atom stereocenters. The van der Waals surface area contributed by atoms with Gasteiger partial charge in [-0.05, 0) is 25.8 Å². The molecule has 0 N–H and O–H groups in total. The van der Waals surface area contributed by atoms with Crippen molar-refractivity contribution in [2.24, 2.45) is 11.8 Å². The Morgan fingerprint density at radius 2 is 1.71 bits per heavy atom. The van der Waals surface area contributed by atoms with Gasteiger partial charge in [0.2, 0.25) is 5.91 Å². The molecule has 1 aliphatic rings. The van der Waals surface area contributed by atoms with E-state index >= 15 is 0 Å². The summed E-state index contributed by atoms with van der Waals surface area (Å²) in [5, 5.41) is 0. The number of hydrogen-bond donors (Lipinski definition) is 0. The van der Waals surface area contributed by atoms with Crippen LogP contribution in [0.1, 0.15) is 25.8 Å². The van der Waals surface area contributed by atoms with Crippen molar-refractivity contribution in [1.29, 1.82) is 0 Å². The lowest BCUT2D eigenvalue weighted by molar-refractivity contribution is -0.166. The normalized spacial score (nSPS) is 17.2. The second kappa shape index (κ2) is 8.47. The van der Waals surface area contributed by atoms with Gasteiger partial charge < -0.3 is 14.4 Å². The van der Waals surface area contributed by atoms with Crippen molar-refractivity contribution in [3.05, 3.63) is 35.9 Å². The second-order valence-corrected chi connectivity index (χ2v) is 5.62. The molecule has 0 spiro atoms. The van der Waals surface area contributed by atoms with Gasteiger partial charge >= 0.3 is 11.9 Å². The van der Waals surface area contributed by atoms with Gasteiger partial charge in [-0.25, -0.2) is 0 Å². The van der Waals surface area contributed by atoms with Crippen LogP contribution in [0, 0.1) is 11.8 Å². The molecule has 6 nitrogen and oxygen atoms in total. The first-order valence-electron chi connectivity index (χ1n) is 8.24. The van der Waals surface area contributed by atoms with Crippen LogP contribution in [0.2, 0.25) is 0 Å². The van der Waals surface area contributed by atoms with Crippen LogP contribution < -0.4 is 0 Å². The summed E-state index contributed by atoms with van der Waals surface area (Å²) in [4.78, 5) is 38.7. The predicted octanol–water partition coefficient (Wildman–Crippen LogP) is 1.78. The molecule has 1 aromatic carbocycles. The average molecular weight is 333 g/mol. The number of nitrogens with zero attached hydrogens (tertiary/aromatic N) is 1. The van der Waals surface area contributed by atoms with E-state index in [0.717, 1.165) is 5.56 Å². The van der Waals surface area contributed by atoms with Gasteiger partial charge in [-0.1, -0.05) is 30.3 Å². The molecule has 1 aliphatic heterocycles. The molecule has 0 radical (unpaired) electrons. The van der Waals surface area contributed by atoms with Crippen molar-refractivity contribution in [2.75, 3.05) is 19.8 Å².